The van der Waals surface area contributed by atoms with E-state index in [4.69, 9.17) is 18.0 Å². The maximum absolute atomic E-state index is 11.1. The van der Waals surface area contributed by atoms with Crippen LogP contribution in [0.25, 0.3) is 0 Å². The fourth-order valence-electron chi connectivity index (χ4n) is 1.89. The first-order chi connectivity index (χ1) is 9.86. The van der Waals surface area contributed by atoms with Crippen LogP contribution in [0.3, 0.4) is 0 Å². The Morgan fingerprint density at radius 2 is 2.10 bits per heavy atom. The maximum Gasteiger partial charge on any atom is 0.223 e. The zero-order chi connectivity index (χ0) is 15.6. The number of rotatable bonds is 3. The van der Waals surface area contributed by atoms with Crippen molar-refractivity contribution in [2.24, 2.45) is 0 Å². The molecular weight excluding hydrogens is 372 g/mol. The van der Waals surface area contributed by atoms with E-state index >= 15 is 0 Å². The number of hydrogen-bond donors (Lipinski definition) is 1. The van der Waals surface area contributed by atoms with Crippen LogP contribution in [0, 0.1) is 12.3 Å². The number of carbonyl (C=O) groups is 1. The Kier molecular flexibility index (Phi) is 4.72. The molecule has 2 rings (SSSR count). The van der Waals surface area contributed by atoms with E-state index in [9.17, 15) is 4.79 Å². The van der Waals surface area contributed by atoms with Gasteiger partial charge in [-0.05, 0) is 40.5 Å². The van der Waals surface area contributed by atoms with Gasteiger partial charge >= 0.3 is 0 Å². The molecule has 0 spiro atoms. The van der Waals surface area contributed by atoms with E-state index < -0.39 is 5.41 Å². The van der Waals surface area contributed by atoms with Crippen LogP contribution in [0.2, 0.25) is 5.02 Å². The Morgan fingerprint density at radius 1 is 1.48 bits per heavy atom. The maximum atomic E-state index is 11.1. The van der Waals surface area contributed by atoms with Crippen molar-refractivity contribution in [1.29, 1.82) is 0 Å². The van der Waals surface area contributed by atoms with Crippen LogP contribution in [0.15, 0.2) is 28.1 Å². The van der Waals surface area contributed by atoms with Crippen LogP contribution in [0.4, 0.5) is 5.13 Å². The van der Waals surface area contributed by atoms with E-state index in [1.165, 1.54) is 18.3 Å². The van der Waals surface area contributed by atoms with Gasteiger partial charge < -0.3 is 5.32 Å². The highest BCUT2D eigenvalue weighted by atomic mass is 79.9. The second-order valence-corrected chi connectivity index (χ2v) is 7.35. The lowest BCUT2D eigenvalue weighted by Gasteiger charge is -2.22. The van der Waals surface area contributed by atoms with Crippen molar-refractivity contribution in [3.63, 3.8) is 0 Å². The molecule has 6 heteroatoms. The van der Waals surface area contributed by atoms with Gasteiger partial charge in [0.25, 0.3) is 0 Å². The number of carbonyl (C=O) groups excluding carboxylic acids is 1. The van der Waals surface area contributed by atoms with Crippen molar-refractivity contribution in [1.82, 2.24) is 4.98 Å². The number of halogens is 2. The van der Waals surface area contributed by atoms with Gasteiger partial charge in [0.05, 0.1) is 14.9 Å². The molecule has 1 unspecified atom stereocenters. The van der Waals surface area contributed by atoms with Crippen LogP contribution in [0.5, 0.6) is 0 Å². The predicted octanol–water partition coefficient (Wildman–Crippen LogP) is 4.46. The molecule has 0 fully saturated rings. The molecule has 1 amide bonds. The molecule has 0 saturated carbocycles. The van der Waals surface area contributed by atoms with Gasteiger partial charge in [-0.15, -0.1) is 6.42 Å². The summed E-state index contributed by atoms with van der Waals surface area (Å²) in [7, 11) is 0. The Balaban J connectivity index is 2.50. The molecule has 1 aromatic carbocycles. The van der Waals surface area contributed by atoms with Gasteiger partial charge in [0.2, 0.25) is 5.91 Å². The fraction of sp³-hybridized carbons (Fsp3) is 0.200. The summed E-state index contributed by atoms with van der Waals surface area (Å²) in [5, 5.41) is 3.83. The van der Waals surface area contributed by atoms with Gasteiger partial charge in [-0.2, -0.15) is 0 Å². The van der Waals surface area contributed by atoms with E-state index in [-0.39, 0.29) is 5.91 Å². The smallest absolute Gasteiger partial charge is 0.223 e. The minimum atomic E-state index is -0.712. The number of amides is 1. The normalized spacial score (nSPS) is 13.3. The van der Waals surface area contributed by atoms with E-state index in [2.05, 4.69) is 32.2 Å². The van der Waals surface area contributed by atoms with Gasteiger partial charge in [-0.1, -0.05) is 41.0 Å². The SMILES string of the molecule is C#CC(C)(c1ccc(Cl)cc1)c1nc(NC(C)=O)sc1Br. The highest BCUT2D eigenvalue weighted by Crippen LogP contribution is 2.40. The molecule has 1 atom stereocenters. The van der Waals surface area contributed by atoms with Gasteiger partial charge in [-0.25, -0.2) is 4.98 Å². The summed E-state index contributed by atoms with van der Waals surface area (Å²) in [6, 6.07) is 7.35. The van der Waals surface area contributed by atoms with E-state index in [0.29, 0.717) is 15.8 Å². The van der Waals surface area contributed by atoms with Crippen LogP contribution in [-0.4, -0.2) is 10.9 Å². The van der Waals surface area contributed by atoms with Crippen LogP contribution in [0.1, 0.15) is 25.1 Å². The molecule has 1 aromatic heterocycles. The Morgan fingerprint density at radius 3 is 2.62 bits per heavy atom. The van der Waals surface area contributed by atoms with Crippen molar-refractivity contribution in [2.75, 3.05) is 5.32 Å². The average Bonchev–Trinajstić information content (AvgIpc) is 2.79. The average molecular weight is 384 g/mol. The summed E-state index contributed by atoms with van der Waals surface area (Å²) in [5.41, 5.74) is 0.896. The molecule has 21 heavy (non-hydrogen) atoms. The summed E-state index contributed by atoms with van der Waals surface area (Å²) in [5.74, 6) is 2.63. The van der Waals surface area contributed by atoms with Crippen LogP contribution in [-0.2, 0) is 10.2 Å². The molecule has 2 aromatic rings. The lowest BCUT2D eigenvalue weighted by molar-refractivity contribution is -0.114. The predicted molar refractivity (Wildman–Crippen MR) is 90.9 cm³/mol. The second kappa shape index (κ2) is 6.18. The van der Waals surface area contributed by atoms with Gasteiger partial charge in [0.1, 0.15) is 0 Å². The number of thiazole rings is 1. The summed E-state index contributed by atoms with van der Waals surface area (Å²) in [6.07, 6.45) is 5.76. The quantitative estimate of drug-likeness (QED) is 0.795. The molecule has 3 nitrogen and oxygen atoms in total. The third-order valence-electron chi connectivity index (χ3n) is 3.05. The first-order valence-electron chi connectivity index (χ1n) is 6.05. The number of terminal acetylenes is 1. The number of nitrogens with zero attached hydrogens (tertiary/aromatic N) is 1. The molecule has 0 aliphatic heterocycles. The molecule has 1 N–H and O–H groups in total. The monoisotopic (exact) mass is 382 g/mol. The highest BCUT2D eigenvalue weighted by molar-refractivity contribution is 9.11. The van der Waals surface area contributed by atoms with Crippen molar-refractivity contribution in [3.8, 4) is 12.3 Å². The lowest BCUT2D eigenvalue weighted by atomic mass is 9.81. The number of benzene rings is 1. The molecule has 1 heterocycles. The summed E-state index contributed by atoms with van der Waals surface area (Å²) >= 11 is 10.7. The first-order valence-corrected chi connectivity index (χ1v) is 8.04. The van der Waals surface area contributed by atoms with Gasteiger partial charge in [-0.3, -0.25) is 4.79 Å². The molecule has 0 aliphatic rings. The summed E-state index contributed by atoms with van der Waals surface area (Å²) in [4.78, 5) is 15.6. The molecule has 0 aliphatic carbocycles. The number of nitrogens with one attached hydrogen (secondary N) is 1. The zero-order valence-electron chi connectivity index (χ0n) is 11.4. The number of anilines is 1. The van der Waals surface area contributed by atoms with Crippen molar-refractivity contribution in [3.05, 3.63) is 44.3 Å². The van der Waals surface area contributed by atoms with E-state index in [1.54, 1.807) is 12.1 Å². The molecule has 0 bridgehead atoms. The Bertz CT molecular complexity index is 720. The summed E-state index contributed by atoms with van der Waals surface area (Å²) < 4.78 is 0.793. The van der Waals surface area contributed by atoms with Gasteiger partial charge in [0, 0.05) is 11.9 Å². The zero-order valence-corrected chi connectivity index (χ0v) is 14.6. The number of hydrogen-bond acceptors (Lipinski definition) is 3. The number of aromatic nitrogens is 1. The largest absolute Gasteiger partial charge is 0.302 e. The molecule has 108 valence electrons. The van der Waals surface area contributed by atoms with E-state index in [0.717, 1.165) is 9.35 Å². The minimum absolute atomic E-state index is 0.170. The third kappa shape index (κ3) is 3.29. The fourth-order valence-corrected chi connectivity index (χ4v) is 3.80. The van der Waals surface area contributed by atoms with Crippen molar-refractivity contribution < 1.29 is 4.79 Å². The molecule has 0 radical (unpaired) electrons. The van der Waals surface area contributed by atoms with Crippen molar-refractivity contribution >= 4 is 49.9 Å². The van der Waals surface area contributed by atoms with Gasteiger partial charge in [0.15, 0.2) is 5.13 Å². The Hall–Kier alpha value is -1.35. The highest BCUT2D eigenvalue weighted by Gasteiger charge is 2.32. The van der Waals surface area contributed by atoms with Crippen LogP contribution >= 0.6 is 38.9 Å². The molecular formula is C15H12BrClN2OS. The minimum Gasteiger partial charge on any atom is -0.302 e. The van der Waals surface area contributed by atoms with Crippen molar-refractivity contribution in [2.45, 2.75) is 19.3 Å². The Labute approximate surface area is 140 Å². The van der Waals surface area contributed by atoms with E-state index in [1.807, 2.05) is 19.1 Å². The van der Waals surface area contributed by atoms with Crippen LogP contribution < -0.4 is 5.32 Å². The summed E-state index contributed by atoms with van der Waals surface area (Å²) in [6.45, 7) is 3.35. The third-order valence-corrected chi connectivity index (χ3v) is 4.93. The first kappa shape index (κ1) is 16.0. The standard InChI is InChI=1S/C15H12BrClN2OS/c1-4-15(3,10-5-7-11(17)8-6-10)12-13(16)21-14(19-12)18-9(2)20/h1,5-8H,2-3H3,(H,18,19,20). The topological polar surface area (TPSA) is 42.0 Å². The molecule has 0 saturated heterocycles. The second-order valence-electron chi connectivity index (χ2n) is 4.60. The lowest BCUT2D eigenvalue weighted by Crippen LogP contribution is -2.22.